The lowest BCUT2D eigenvalue weighted by Crippen LogP contribution is -2.57. The summed E-state index contributed by atoms with van der Waals surface area (Å²) < 4.78 is 28.4. The Morgan fingerprint density at radius 1 is 1.39 bits per heavy atom. The minimum Gasteiger partial charge on any atom is -0.394 e. The average molecular weight is 278 g/mol. The van der Waals surface area contributed by atoms with Gasteiger partial charge in [0, 0.05) is 13.1 Å². The molecule has 0 aromatic rings. The van der Waals surface area contributed by atoms with Crippen LogP contribution in [0.3, 0.4) is 0 Å². The van der Waals surface area contributed by atoms with Gasteiger partial charge in [-0.25, -0.2) is 0 Å². The van der Waals surface area contributed by atoms with E-state index in [2.05, 4.69) is 11.6 Å². The Labute approximate surface area is 111 Å². The predicted molar refractivity (Wildman–Crippen MR) is 72.4 cm³/mol. The van der Waals surface area contributed by atoms with E-state index in [0.717, 1.165) is 12.8 Å². The largest absolute Gasteiger partial charge is 0.394 e. The summed E-state index contributed by atoms with van der Waals surface area (Å²) in [7, 11) is -1.96. The van der Waals surface area contributed by atoms with Crippen LogP contribution in [0.25, 0.3) is 0 Å². The van der Waals surface area contributed by atoms with Crippen molar-refractivity contribution in [2.24, 2.45) is 5.92 Å². The van der Waals surface area contributed by atoms with E-state index in [1.165, 1.54) is 4.31 Å². The lowest BCUT2D eigenvalue weighted by molar-refractivity contribution is 0.123. The van der Waals surface area contributed by atoms with Crippen LogP contribution in [0, 0.1) is 5.92 Å². The Morgan fingerprint density at radius 2 is 1.89 bits per heavy atom. The molecular weight excluding hydrogens is 252 g/mol. The third-order valence-electron chi connectivity index (χ3n) is 3.99. The van der Waals surface area contributed by atoms with E-state index < -0.39 is 15.7 Å². The van der Waals surface area contributed by atoms with Gasteiger partial charge in [0.25, 0.3) is 10.2 Å². The van der Waals surface area contributed by atoms with Crippen LogP contribution in [0.15, 0.2) is 0 Å². The molecule has 1 fully saturated rings. The molecule has 0 aromatic heterocycles. The summed E-state index contributed by atoms with van der Waals surface area (Å²) in [6.45, 7) is 5.68. The molecule has 0 atom stereocenters. The molecular formula is C12H26N2O3S. The molecule has 0 radical (unpaired) electrons. The summed E-state index contributed by atoms with van der Waals surface area (Å²) in [5.41, 5.74) is -0.672. The van der Waals surface area contributed by atoms with Crippen LogP contribution >= 0.6 is 0 Å². The minimum absolute atomic E-state index is 0.0965. The first-order valence-corrected chi connectivity index (χ1v) is 8.04. The molecule has 0 bridgehead atoms. The van der Waals surface area contributed by atoms with Gasteiger partial charge in [-0.3, -0.25) is 0 Å². The van der Waals surface area contributed by atoms with Gasteiger partial charge < -0.3 is 5.11 Å². The molecule has 1 saturated carbocycles. The van der Waals surface area contributed by atoms with Gasteiger partial charge in [-0.05, 0) is 45.4 Å². The van der Waals surface area contributed by atoms with Crippen molar-refractivity contribution >= 4 is 10.2 Å². The van der Waals surface area contributed by atoms with E-state index >= 15 is 0 Å². The zero-order valence-corrected chi connectivity index (χ0v) is 12.6. The molecule has 0 heterocycles. The van der Waals surface area contributed by atoms with Crippen molar-refractivity contribution in [3.8, 4) is 0 Å². The smallest absolute Gasteiger partial charge is 0.280 e. The number of hydrogen-bond acceptors (Lipinski definition) is 3. The first kappa shape index (κ1) is 15.9. The Morgan fingerprint density at radius 3 is 2.28 bits per heavy atom. The summed E-state index contributed by atoms with van der Waals surface area (Å²) in [6.07, 6.45) is 3.31. The maximum absolute atomic E-state index is 12.2. The van der Waals surface area contributed by atoms with Crippen LogP contribution in [0.5, 0.6) is 0 Å². The summed E-state index contributed by atoms with van der Waals surface area (Å²) >= 11 is 0. The fourth-order valence-corrected chi connectivity index (χ4v) is 3.75. The average Bonchev–Trinajstić information content (AvgIpc) is 2.31. The van der Waals surface area contributed by atoms with Crippen LogP contribution < -0.4 is 4.72 Å². The topological polar surface area (TPSA) is 69.6 Å². The second-order valence-corrected chi connectivity index (χ2v) is 7.57. The van der Waals surface area contributed by atoms with Crippen LogP contribution in [-0.4, -0.2) is 43.1 Å². The molecule has 108 valence electrons. The van der Waals surface area contributed by atoms with Crippen molar-refractivity contribution in [1.29, 1.82) is 0 Å². The van der Waals surface area contributed by atoms with E-state index in [0.29, 0.717) is 18.8 Å². The van der Waals surface area contributed by atoms with Gasteiger partial charge >= 0.3 is 0 Å². The number of aliphatic hydroxyl groups is 1. The summed E-state index contributed by atoms with van der Waals surface area (Å²) in [5, 5.41) is 9.57. The molecule has 18 heavy (non-hydrogen) atoms. The highest BCUT2D eigenvalue weighted by molar-refractivity contribution is 7.87. The molecule has 0 amide bonds. The van der Waals surface area contributed by atoms with Crippen molar-refractivity contribution in [2.75, 3.05) is 13.7 Å². The summed E-state index contributed by atoms with van der Waals surface area (Å²) in [5.74, 6) is 0.608. The van der Waals surface area contributed by atoms with Crippen molar-refractivity contribution in [3.05, 3.63) is 0 Å². The van der Waals surface area contributed by atoms with Gasteiger partial charge in [-0.15, -0.1) is 0 Å². The van der Waals surface area contributed by atoms with Crippen LogP contribution in [0.1, 0.15) is 46.5 Å². The van der Waals surface area contributed by atoms with Gasteiger partial charge in [0.1, 0.15) is 0 Å². The van der Waals surface area contributed by atoms with Gasteiger partial charge in [-0.1, -0.05) is 6.92 Å². The van der Waals surface area contributed by atoms with Crippen molar-refractivity contribution in [3.63, 3.8) is 0 Å². The Balaban J connectivity index is 2.80. The molecule has 0 aliphatic heterocycles. The highest BCUT2D eigenvalue weighted by Crippen LogP contribution is 2.32. The van der Waals surface area contributed by atoms with Crippen LogP contribution in [0.2, 0.25) is 0 Å². The monoisotopic (exact) mass is 278 g/mol. The van der Waals surface area contributed by atoms with E-state index in [1.807, 2.05) is 13.8 Å². The Hall–Kier alpha value is -0.170. The first-order valence-electron chi connectivity index (χ1n) is 6.60. The molecule has 2 N–H and O–H groups in total. The molecule has 0 unspecified atom stereocenters. The summed E-state index contributed by atoms with van der Waals surface area (Å²) in [6, 6.07) is -0.0965. The highest BCUT2D eigenvalue weighted by Gasteiger charge is 2.38. The number of nitrogens with zero attached hydrogens (tertiary/aromatic N) is 1. The predicted octanol–water partition coefficient (Wildman–Crippen LogP) is 1.10. The number of rotatable bonds is 5. The maximum Gasteiger partial charge on any atom is 0.280 e. The third-order valence-corrected chi connectivity index (χ3v) is 5.86. The normalized spacial score (nSPS) is 30.1. The van der Waals surface area contributed by atoms with Gasteiger partial charge in [0.2, 0.25) is 0 Å². The summed E-state index contributed by atoms with van der Waals surface area (Å²) in [4.78, 5) is 0. The minimum atomic E-state index is -3.52. The molecule has 6 heteroatoms. The lowest BCUT2D eigenvalue weighted by atomic mass is 9.78. The zero-order chi connectivity index (χ0) is 14.0. The number of hydrogen-bond donors (Lipinski definition) is 2. The standard InChI is InChI=1S/C12H26N2O3S/c1-10(2)14(4)18(16,17)13-12(9-15)7-5-11(3)6-8-12/h10-11,13,15H,5-9H2,1-4H3. The third kappa shape index (κ3) is 3.66. The Kier molecular flexibility index (Phi) is 5.17. The highest BCUT2D eigenvalue weighted by atomic mass is 32.2. The van der Waals surface area contributed by atoms with E-state index in [1.54, 1.807) is 7.05 Å². The first-order chi connectivity index (χ1) is 8.22. The van der Waals surface area contributed by atoms with Crippen molar-refractivity contribution < 1.29 is 13.5 Å². The molecule has 1 rings (SSSR count). The van der Waals surface area contributed by atoms with Crippen molar-refractivity contribution in [1.82, 2.24) is 9.03 Å². The molecule has 5 nitrogen and oxygen atoms in total. The van der Waals surface area contributed by atoms with Crippen molar-refractivity contribution in [2.45, 2.75) is 58.0 Å². The second-order valence-electron chi connectivity index (χ2n) is 5.84. The van der Waals surface area contributed by atoms with E-state index in [9.17, 15) is 13.5 Å². The second kappa shape index (κ2) is 5.86. The fourth-order valence-electron chi connectivity index (χ4n) is 2.23. The Bertz CT molecular complexity index is 360. The van der Waals surface area contributed by atoms with Crippen LogP contribution in [-0.2, 0) is 10.2 Å². The van der Waals surface area contributed by atoms with Gasteiger partial charge in [0.15, 0.2) is 0 Å². The molecule has 1 aliphatic carbocycles. The maximum atomic E-state index is 12.2. The quantitative estimate of drug-likeness (QED) is 0.791. The molecule has 0 spiro atoms. The van der Waals surface area contributed by atoms with Crippen LogP contribution in [0.4, 0.5) is 0 Å². The van der Waals surface area contributed by atoms with E-state index in [4.69, 9.17) is 0 Å². The zero-order valence-electron chi connectivity index (χ0n) is 11.8. The van der Waals surface area contributed by atoms with Gasteiger partial charge in [-0.2, -0.15) is 17.4 Å². The molecule has 1 aliphatic rings. The lowest BCUT2D eigenvalue weighted by Gasteiger charge is -2.39. The number of aliphatic hydroxyl groups excluding tert-OH is 1. The molecule has 0 aromatic carbocycles. The number of nitrogens with one attached hydrogen (secondary N) is 1. The molecule has 0 saturated heterocycles. The van der Waals surface area contributed by atoms with Gasteiger partial charge in [0.05, 0.1) is 12.1 Å². The van der Waals surface area contributed by atoms with E-state index in [-0.39, 0.29) is 12.6 Å². The SMILES string of the molecule is CC1CCC(CO)(NS(=O)(=O)N(C)C(C)C)CC1. The fraction of sp³-hybridized carbons (Fsp3) is 1.00.